The summed E-state index contributed by atoms with van der Waals surface area (Å²) in [4.78, 5) is 1.19. The van der Waals surface area contributed by atoms with E-state index in [1.807, 2.05) is 61.5 Å². The highest BCUT2D eigenvalue weighted by Gasteiger charge is 2.01. The van der Waals surface area contributed by atoms with Gasteiger partial charge in [-0.2, -0.15) is 0 Å². The summed E-state index contributed by atoms with van der Waals surface area (Å²) in [6, 6.07) is 19.8. The van der Waals surface area contributed by atoms with Crippen molar-refractivity contribution in [3.63, 3.8) is 0 Å². The van der Waals surface area contributed by atoms with Crippen LogP contribution in [0.1, 0.15) is 10.4 Å². The first-order valence-electron chi connectivity index (χ1n) is 6.91. The maximum atomic E-state index is 5.82. The van der Waals surface area contributed by atoms with Crippen molar-refractivity contribution in [2.24, 2.45) is 0 Å². The fourth-order valence-corrected chi connectivity index (χ4v) is 3.40. The van der Waals surface area contributed by atoms with E-state index in [-0.39, 0.29) is 0 Å². The highest BCUT2D eigenvalue weighted by molar-refractivity contribution is 9.11. The summed E-state index contributed by atoms with van der Waals surface area (Å²) in [5.74, 6) is 2.48. The number of hydrogen-bond donors (Lipinski definition) is 0. The van der Waals surface area contributed by atoms with Gasteiger partial charge < -0.3 is 9.47 Å². The molecule has 3 aromatic rings. The van der Waals surface area contributed by atoms with Gasteiger partial charge in [0, 0.05) is 4.88 Å². The summed E-state index contributed by atoms with van der Waals surface area (Å²) >= 11 is 5.13. The Hall–Kier alpha value is -1.78. The van der Waals surface area contributed by atoms with E-state index in [2.05, 4.69) is 22.0 Å². The number of aryl methyl sites for hydroxylation is 1. The minimum Gasteiger partial charge on any atom is -0.488 e. The molecule has 2 nitrogen and oxygen atoms in total. The molecule has 3 rings (SSSR count). The fraction of sp³-hybridized carbons (Fsp3) is 0.111. The molecule has 1 aromatic heterocycles. The van der Waals surface area contributed by atoms with E-state index in [9.17, 15) is 0 Å². The number of benzene rings is 2. The third-order valence-corrected chi connectivity index (χ3v) is 4.66. The number of ether oxygens (including phenoxy) is 2. The Morgan fingerprint density at radius 1 is 0.909 bits per heavy atom. The molecule has 4 heteroatoms. The van der Waals surface area contributed by atoms with Crippen LogP contribution in [-0.2, 0) is 6.61 Å². The number of thiophene rings is 1. The summed E-state index contributed by atoms with van der Waals surface area (Å²) in [5, 5.41) is 0. The molecule has 0 radical (unpaired) electrons. The molecule has 0 saturated carbocycles. The molecule has 0 aliphatic carbocycles. The van der Waals surface area contributed by atoms with E-state index in [1.54, 1.807) is 11.3 Å². The molecule has 0 unspecified atom stereocenters. The zero-order chi connectivity index (χ0) is 15.4. The summed E-state index contributed by atoms with van der Waals surface area (Å²) in [7, 11) is 0. The molecule has 0 amide bonds. The van der Waals surface area contributed by atoms with Gasteiger partial charge in [0.25, 0.3) is 0 Å². The maximum Gasteiger partial charge on any atom is 0.127 e. The Bertz CT molecular complexity index is 750. The van der Waals surface area contributed by atoms with Crippen LogP contribution < -0.4 is 9.47 Å². The highest BCUT2D eigenvalue weighted by atomic mass is 79.9. The minimum absolute atomic E-state index is 0.578. The predicted octanol–water partition coefficient (Wildman–Crippen LogP) is 6.19. The van der Waals surface area contributed by atoms with Crippen LogP contribution >= 0.6 is 27.3 Å². The van der Waals surface area contributed by atoms with Crippen LogP contribution in [0.3, 0.4) is 0 Å². The lowest BCUT2D eigenvalue weighted by molar-refractivity contribution is 0.309. The molecule has 22 heavy (non-hydrogen) atoms. The fourth-order valence-electron chi connectivity index (χ4n) is 2.00. The number of hydrogen-bond acceptors (Lipinski definition) is 3. The molecule has 1 heterocycles. The Morgan fingerprint density at radius 3 is 2.36 bits per heavy atom. The van der Waals surface area contributed by atoms with Crippen molar-refractivity contribution in [3.8, 4) is 17.2 Å². The SMILES string of the molecule is Cc1cccc(Oc2ccc(OCc3ccc(Br)s3)cc2)c1. The lowest BCUT2D eigenvalue weighted by atomic mass is 10.2. The Kier molecular flexibility index (Phi) is 4.80. The largest absolute Gasteiger partial charge is 0.488 e. The Balaban J connectivity index is 1.60. The first-order valence-corrected chi connectivity index (χ1v) is 8.51. The van der Waals surface area contributed by atoms with Gasteiger partial charge in [0.15, 0.2) is 0 Å². The molecule has 0 atom stereocenters. The molecule has 0 N–H and O–H groups in total. The van der Waals surface area contributed by atoms with Crippen LogP contribution in [-0.4, -0.2) is 0 Å². The molecular formula is C18H15BrO2S. The summed E-state index contributed by atoms with van der Waals surface area (Å²) < 4.78 is 12.7. The quantitative estimate of drug-likeness (QED) is 0.529. The number of rotatable bonds is 5. The smallest absolute Gasteiger partial charge is 0.127 e. The normalized spacial score (nSPS) is 10.5. The monoisotopic (exact) mass is 374 g/mol. The standard InChI is InChI=1S/C18H15BrO2S/c1-13-3-2-4-16(11-13)21-15-7-5-14(6-8-15)20-12-17-9-10-18(19)22-17/h2-11H,12H2,1H3. The Morgan fingerprint density at radius 2 is 1.68 bits per heavy atom. The van der Waals surface area contributed by atoms with Crippen molar-refractivity contribution in [1.82, 2.24) is 0 Å². The van der Waals surface area contributed by atoms with E-state index in [0.29, 0.717) is 6.61 Å². The van der Waals surface area contributed by atoms with Crippen molar-refractivity contribution in [1.29, 1.82) is 0 Å². The van der Waals surface area contributed by atoms with Crippen LogP contribution in [0.25, 0.3) is 0 Å². The first kappa shape index (κ1) is 15.1. The van der Waals surface area contributed by atoms with Crippen LogP contribution in [0.15, 0.2) is 64.5 Å². The van der Waals surface area contributed by atoms with Crippen LogP contribution in [0.2, 0.25) is 0 Å². The van der Waals surface area contributed by atoms with Crippen molar-refractivity contribution in [3.05, 3.63) is 74.9 Å². The van der Waals surface area contributed by atoms with Crippen LogP contribution in [0.4, 0.5) is 0 Å². The second-order valence-corrected chi connectivity index (χ2v) is 7.43. The van der Waals surface area contributed by atoms with E-state index in [1.165, 1.54) is 10.4 Å². The molecule has 2 aromatic carbocycles. The van der Waals surface area contributed by atoms with Gasteiger partial charge >= 0.3 is 0 Å². The van der Waals surface area contributed by atoms with Gasteiger partial charge in [-0.05, 0) is 76.9 Å². The molecule has 0 bridgehead atoms. The molecule has 0 fully saturated rings. The first-order chi connectivity index (χ1) is 10.7. The molecular weight excluding hydrogens is 360 g/mol. The molecule has 0 aliphatic heterocycles. The summed E-state index contributed by atoms with van der Waals surface area (Å²) in [5.41, 5.74) is 1.18. The third kappa shape index (κ3) is 4.12. The topological polar surface area (TPSA) is 18.5 Å². The maximum absolute atomic E-state index is 5.82. The minimum atomic E-state index is 0.578. The van der Waals surface area contributed by atoms with Gasteiger partial charge in [0.1, 0.15) is 23.9 Å². The average molecular weight is 375 g/mol. The zero-order valence-corrected chi connectivity index (χ0v) is 14.5. The van der Waals surface area contributed by atoms with E-state index in [0.717, 1.165) is 21.0 Å². The molecule has 112 valence electrons. The second kappa shape index (κ2) is 6.99. The zero-order valence-electron chi connectivity index (χ0n) is 12.1. The van der Waals surface area contributed by atoms with Crippen molar-refractivity contribution >= 4 is 27.3 Å². The van der Waals surface area contributed by atoms with Gasteiger partial charge in [0.2, 0.25) is 0 Å². The van der Waals surface area contributed by atoms with Gasteiger partial charge in [0.05, 0.1) is 3.79 Å². The molecule has 0 aliphatic rings. The molecule has 0 spiro atoms. The van der Waals surface area contributed by atoms with Crippen LogP contribution in [0.5, 0.6) is 17.2 Å². The van der Waals surface area contributed by atoms with E-state index < -0.39 is 0 Å². The van der Waals surface area contributed by atoms with Crippen molar-refractivity contribution < 1.29 is 9.47 Å². The predicted molar refractivity (Wildman–Crippen MR) is 94.0 cm³/mol. The summed E-state index contributed by atoms with van der Waals surface area (Å²) in [6.45, 7) is 2.63. The van der Waals surface area contributed by atoms with Gasteiger partial charge in [-0.25, -0.2) is 0 Å². The van der Waals surface area contributed by atoms with Gasteiger partial charge in [-0.3, -0.25) is 0 Å². The third-order valence-electron chi connectivity index (χ3n) is 3.06. The molecule has 0 saturated heterocycles. The van der Waals surface area contributed by atoms with Crippen molar-refractivity contribution in [2.45, 2.75) is 13.5 Å². The van der Waals surface area contributed by atoms with Gasteiger partial charge in [-0.1, -0.05) is 12.1 Å². The van der Waals surface area contributed by atoms with E-state index in [4.69, 9.17) is 9.47 Å². The van der Waals surface area contributed by atoms with Gasteiger partial charge in [-0.15, -0.1) is 11.3 Å². The average Bonchev–Trinajstić information content (AvgIpc) is 2.92. The summed E-state index contributed by atoms with van der Waals surface area (Å²) in [6.07, 6.45) is 0. The Labute approximate surface area is 142 Å². The lowest BCUT2D eigenvalue weighted by Crippen LogP contribution is -1.92. The van der Waals surface area contributed by atoms with E-state index >= 15 is 0 Å². The van der Waals surface area contributed by atoms with Crippen LogP contribution in [0, 0.1) is 6.92 Å². The number of halogens is 1. The second-order valence-electron chi connectivity index (χ2n) is 4.88. The lowest BCUT2D eigenvalue weighted by Gasteiger charge is -2.08. The highest BCUT2D eigenvalue weighted by Crippen LogP contribution is 2.26. The van der Waals surface area contributed by atoms with Crippen molar-refractivity contribution in [2.75, 3.05) is 0 Å².